The van der Waals surface area contributed by atoms with Crippen LogP contribution >= 0.6 is 0 Å². The first-order valence-electron chi connectivity index (χ1n) is 5.93. The minimum absolute atomic E-state index is 0.0423. The van der Waals surface area contributed by atoms with Crippen LogP contribution in [0.1, 0.15) is 26.7 Å². The smallest absolute Gasteiger partial charge is 0.241 e. The molecule has 0 aliphatic heterocycles. The van der Waals surface area contributed by atoms with Crippen LogP contribution in [0.2, 0.25) is 0 Å². The maximum absolute atomic E-state index is 13.2. The van der Waals surface area contributed by atoms with E-state index in [0.717, 1.165) is 12.1 Å². The Hall–Kier alpha value is -1.18. The Balaban J connectivity index is 3.10. The molecule has 1 atom stereocenters. The van der Waals surface area contributed by atoms with Crippen LogP contribution in [0.25, 0.3) is 0 Å². The first-order valence-corrected chi connectivity index (χ1v) is 7.41. The number of rotatable bonds is 6. The molecule has 0 spiro atoms. The van der Waals surface area contributed by atoms with Gasteiger partial charge in [0.25, 0.3) is 0 Å². The van der Waals surface area contributed by atoms with E-state index in [-0.39, 0.29) is 23.6 Å². The predicted octanol–water partition coefficient (Wildman–Crippen LogP) is 1.24. The number of nitrogens with one attached hydrogen (secondary N) is 1. The van der Waals surface area contributed by atoms with Gasteiger partial charge in [-0.05, 0) is 38.0 Å². The first kappa shape index (κ1) is 15.9. The molecule has 0 fully saturated rings. The lowest BCUT2D eigenvalue weighted by Crippen LogP contribution is -2.46. The lowest BCUT2D eigenvalue weighted by atomic mass is 9.97. The summed E-state index contributed by atoms with van der Waals surface area (Å²) in [4.78, 5) is -0.220. The van der Waals surface area contributed by atoms with Gasteiger partial charge in [-0.15, -0.1) is 0 Å². The second-order valence-electron chi connectivity index (χ2n) is 4.71. The van der Waals surface area contributed by atoms with Crippen LogP contribution in [0.3, 0.4) is 0 Å². The maximum Gasteiger partial charge on any atom is 0.241 e. The molecule has 0 aliphatic carbocycles. The van der Waals surface area contributed by atoms with Gasteiger partial charge in [-0.3, -0.25) is 0 Å². The summed E-state index contributed by atoms with van der Waals surface area (Å²) < 4.78 is 40.0. The minimum Gasteiger partial charge on any atom is -0.399 e. The molecular weight excluding hydrogens is 271 g/mol. The van der Waals surface area contributed by atoms with Crippen molar-refractivity contribution in [2.45, 2.75) is 37.1 Å². The average Bonchev–Trinajstić information content (AvgIpc) is 2.27. The topological polar surface area (TPSA) is 92.4 Å². The molecule has 1 rings (SSSR count). The van der Waals surface area contributed by atoms with Gasteiger partial charge in [-0.25, -0.2) is 17.5 Å². The highest BCUT2D eigenvalue weighted by Gasteiger charge is 2.29. The molecule has 4 N–H and O–H groups in total. The van der Waals surface area contributed by atoms with Gasteiger partial charge < -0.3 is 10.8 Å². The van der Waals surface area contributed by atoms with Crippen molar-refractivity contribution >= 4 is 15.7 Å². The maximum atomic E-state index is 13.2. The molecule has 5 nitrogen and oxygen atoms in total. The van der Waals surface area contributed by atoms with Gasteiger partial charge >= 0.3 is 0 Å². The molecule has 0 amide bonds. The number of hydrogen-bond donors (Lipinski definition) is 3. The van der Waals surface area contributed by atoms with Crippen LogP contribution in [0.5, 0.6) is 0 Å². The molecule has 108 valence electrons. The Morgan fingerprint density at radius 3 is 2.53 bits per heavy atom. The van der Waals surface area contributed by atoms with Crippen LogP contribution in [-0.2, 0) is 10.0 Å². The van der Waals surface area contributed by atoms with E-state index in [1.165, 1.54) is 6.07 Å². The summed E-state index contributed by atoms with van der Waals surface area (Å²) in [6.07, 6.45) is 0.769. The fourth-order valence-corrected chi connectivity index (χ4v) is 3.24. The summed E-state index contributed by atoms with van der Waals surface area (Å²) in [6, 6.07) is 3.15. The highest BCUT2D eigenvalue weighted by atomic mass is 32.2. The van der Waals surface area contributed by atoms with E-state index in [0.29, 0.717) is 6.42 Å². The second kappa shape index (κ2) is 5.85. The standard InChI is InChI=1S/C12H19FN2O3S/c1-3-12(2,4-5-16)15-19(17,18)11-7-9(13)6-10(14)8-11/h6-8,15-16H,3-5,14H2,1-2H3. The number of halogens is 1. The van der Waals surface area contributed by atoms with Gasteiger partial charge in [0.15, 0.2) is 0 Å². The average molecular weight is 290 g/mol. The van der Waals surface area contributed by atoms with Gasteiger partial charge in [0.1, 0.15) is 5.82 Å². The molecule has 7 heteroatoms. The molecule has 0 saturated carbocycles. The Kier molecular flexibility index (Phi) is 4.89. The number of aliphatic hydroxyl groups is 1. The zero-order valence-electron chi connectivity index (χ0n) is 11.0. The van der Waals surface area contributed by atoms with Crippen molar-refractivity contribution in [2.24, 2.45) is 0 Å². The van der Waals surface area contributed by atoms with E-state index in [4.69, 9.17) is 10.8 Å². The van der Waals surface area contributed by atoms with Crippen LogP contribution in [0.4, 0.5) is 10.1 Å². The third-order valence-electron chi connectivity index (χ3n) is 3.03. The van der Waals surface area contributed by atoms with Crippen molar-refractivity contribution in [1.29, 1.82) is 0 Å². The Bertz CT molecular complexity index is 528. The van der Waals surface area contributed by atoms with Crippen molar-refractivity contribution in [3.63, 3.8) is 0 Å². The third kappa shape index (κ3) is 4.15. The number of benzene rings is 1. The summed E-state index contributed by atoms with van der Waals surface area (Å²) in [6.45, 7) is 3.35. The molecule has 0 saturated heterocycles. The summed E-state index contributed by atoms with van der Waals surface area (Å²) >= 11 is 0. The largest absolute Gasteiger partial charge is 0.399 e. The summed E-state index contributed by atoms with van der Waals surface area (Å²) in [5.41, 5.74) is 4.70. The van der Waals surface area contributed by atoms with Crippen LogP contribution in [-0.4, -0.2) is 25.7 Å². The van der Waals surface area contributed by atoms with E-state index < -0.39 is 21.4 Å². The second-order valence-corrected chi connectivity index (χ2v) is 6.40. The number of nitrogen functional groups attached to an aromatic ring is 1. The summed E-state index contributed by atoms with van der Waals surface area (Å²) in [5, 5.41) is 8.97. The van der Waals surface area contributed by atoms with Crippen molar-refractivity contribution in [1.82, 2.24) is 4.72 Å². The SMILES string of the molecule is CCC(C)(CCO)NS(=O)(=O)c1cc(N)cc(F)c1. The zero-order chi connectivity index (χ0) is 14.7. The van der Waals surface area contributed by atoms with Crippen LogP contribution in [0, 0.1) is 5.82 Å². The molecule has 0 heterocycles. The molecule has 0 aliphatic rings. The molecule has 0 bridgehead atoms. The molecule has 19 heavy (non-hydrogen) atoms. The highest BCUT2D eigenvalue weighted by Crippen LogP contribution is 2.21. The predicted molar refractivity (Wildman–Crippen MR) is 71.5 cm³/mol. The van der Waals surface area contributed by atoms with E-state index in [2.05, 4.69) is 4.72 Å². The molecule has 0 aromatic heterocycles. The normalized spacial score (nSPS) is 15.2. The van der Waals surface area contributed by atoms with Crippen molar-refractivity contribution in [3.05, 3.63) is 24.0 Å². The molecule has 0 radical (unpaired) electrons. The van der Waals surface area contributed by atoms with Gasteiger partial charge in [0.05, 0.1) is 4.90 Å². The third-order valence-corrected chi connectivity index (χ3v) is 4.65. The van der Waals surface area contributed by atoms with Crippen molar-refractivity contribution in [3.8, 4) is 0 Å². The summed E-state index contributed by atoms with van der Waals surface area (Å²) in [7, 11) is -3.88. The van der Waals surface area contributed by atoms with Crippen LogP contribution < -0.4 is 10.5 Å². The van der Waals surface area contributed by atoms with Gasteiger partial charge in [-0.2, -0.15) is 0 Å². The molecule has 1 unspecified atom stereocenters. The lowest BCUT2D eigenvalue weighted by Gasteiger charge is -2.28. The van der Waals surface area contributed by atoms with E-state index in [1.54, 1.807) is 13.8 Å². The molecular formula is C12H19FN2O3S. The van der Waals surface area contributed by atoms with E-state index >= 15 is 0 Å². The first-order chi connectivity index (χ1) is 8.72. The Morgan fingerprint density at radius 1 is 1.42 bits per heavy atom. The number of aliphatic hydroxyl groups excluding tert-OH is 1. The number of nitrogens with two attached hydrogens (primary N) is 1. The molecule has 1 aromatic rings. The quantitative estimate of drug-likeness (QED) is 0.687. The van der Waals surface area contributed by atoms with Gasteiger partial charge in [0.2, 0.25) is 10.0 Å². The Labute approximate surface area is 112 Å². The van der Waals surface area contributed by atoms with E-state index in [9.17, 15) is 12.8 Å². The van der Waals surface area contributed by atoms with Gasteiger partial charge in [0, 0.05) is 17.8 Å². The lowest BCUT2D eigenvalue weighted by molar-refractivity contribution is 0.233. The summed E-state index contributed by atoms with van der Waals surface area (Å²) in [5.74, 6) is -0.708. The minimum atomic E-state index is -3.88. The highest BCUT2D eigenvalue weighted by molar-refractivity contribution is 7.89. The van der Waals surface area contributed by atoms with Crippen LogP contribution in [0.15, 0.2) is 23.1 Å². The number of hydrogen-bond acceptors (Lipinski definition) is 4. The number of anilines is 1. The van der Waals surface area contributed by atoms with Crippen molar-refractivity contribution in [2.75, 3.05) is 12.3 Å². The van der Waals surface area contributed by atoms with E-state index in [1.807, 2.05) is 0 Å². The monoisotopic (exact) mass is 290 g/mol. The zero-order valence-corrected chi connectivity index (χ0v) is 11.8. The van der Waals surface area contributed by atoms with Crippen molar-refractivity contribution < 1.29 is 17.9 Å². The van der Waals surface area contributed by atoms with Gasteiger partial charge in [-0.1, -0.05) is 6.92 Å². The fourth-order valence-electron chi connectivity index (χ4n) is 1.67. The Morgan fingerprint density at radius 2 is 2.05 bits per heavy atom. The number of sulfonamides is 1. The molecule has 1 aromatic carbocycles. The fraction of sp³-hybridized carbons (Fsp3) is 0.500.